The molecule has 2 heterocycles. The molecule has 3 rings (SSSR count). The maximum absolute atomic E-state index is 12.1. The van der Waals surface area contributed by atoms with E-state index in [1.165, 1.54) is 17.7 Å². The van der Waals surface area contributed by atoms with Crippen LogP contribution in [0.25, 0.3) is 0 Å². The third-order valence-electron chi connectivity index (χ3n) is 4.17. The fraction of sp³-hybridized carbons (Fsp3) is 0.562. The molecule has 0 aliphatic carbocycles. The Morgan fingerprint density at radius 1 is 1.35 bits per heavy atom. The third kappa shape index (κ3) is 3.12. The second-order valence-corrected chi connectivity index (χ2v) is 5.66. The van der Waals surface area contributed by atoms with E-state index in [0.29, 0.717) is 18.9 Å². The van der Waals surface area contributed by atoms with Crippen molar-refractivity contribution in [2.24, 2.45) is 0 Å². The molecule has 2 aliphatic heterocycles. The van der Waals surface area contributed by atoms with E-state index in [-0.39, 0.29) is 12.0 Å². The summed E-state index contributed by atoms with van der Waals surface area (Å²) in [4.78, 5) is 12.1. The van der Waals surface area contributed by atoms with E-state index >= 15 is 0 Å². The van der Waals surface area contributed by atoms with Crippen LogP contribution in [0.15, 0.2) is 24.3 Å². The number of fused-ring (bicyclic) bond motifs is 1. The maximum Gasteiger partial charge on any atom is 0.220 e. The molecular weight excluding hydrogens is 252 g/mol. The zero-order valence-corrected chi connectivity index (χ0v) is 11.7. The molecule has 1 aromatic carbocycles. The lowest BCUT2D eigenvalue weighted by atomic mass is 9.97. The van der Waals surface area contributed by atoms with Crippen molar-refractivity contribution in [2.75, 3.05) is 25.0 Å². The number of anilines is 1. The van der Waals surface area contributed by atoms with Gasteiger partial charge in [0.1, 0.15) is 0 Å². The van der Waals surface area contributed by atoms with Gasteiger partial charge in [0.15, 0.2) is 0 Å². The van der Waals surface area contributed by atoms with Crippen LogP contribution in [0, 0.1) is 0 Å². The van der Waals surface area contributed by atoms with E-state index in [9.17, 15) is 4.79 Å². The Morgan fingerprint density at radius 2 is 2.25 bits per heavy atom. The first-order valence-electron chi connectivity index (χ1n) is 7.54. The van der Waals surface area contributed by atoms with Gasteiger partial charge >= 0.3 is 0 Å². The highest BCUT2D eigenvalue weighted by Gasteiger charge is 2.24. The molecule has 1 saturated heterocycles. The van der Waals surface area contributed by atoms with Crippen LogP contribution >= 0.6 is 0 Å². The van der Waals surface area contributed by atoms with Crippen molar-refractivity contribution in [3.8, 4) is 0 Å². The fourth-order valence-electron chi connectivity index (χ4n) is 3.03. The van der Waals surface area contributed by atoms with Gasteiger partial charge in [-0.05, 0) is 30.9 Å². The van der Waals surface area contributed by atoms with E-state index in [1.54, 1.807) is 0 Å². The average Bonchev–Trinajstić information content (AvgIpc) is 2.90. The molecule has 0 spiro atoms. The topological polar surface area (TPSA) is 50.4 Å². The van der Waals surface area contributed by atoms with Gasteiger partial charge < -0.3 is 15.4 Å². The Balaban J connectivity index is 1.47. The first-order valence-corrected chi connectivity index (χ1v) is 7.54. The molecule has 0 bridgehead atoms. The molecule has 2 aliphatic rings. The van der Waals surface area contributed by atoms with Crippen molar-refractivity contribution < 1.29 is 9.53 Å². The molecule has 2 unspecified atom stereocenters. The van der Waals surface area contributed by atoms with Crippen molar-refractivity contribution in [1.29, 1.82) is 0 Å². The summed E-state index contributed by atoms with van der Waals surface area (Å²) in [6.07, 6.45) is 4.18. The van der Waals surface area contributed by atoms with Gasteiger partial charge in [-0.25, -0.2) is 0 Å². The molecule has 4 heteroatoms. The zero-order chi connectivity index (χ0) is 13.8. The van der Waals surface area contributed by atoms with Crippen molar-refractivity contribution in [1.82, 2.24) is 5.32 Å². The molecule has 1 aromatic rings. The van der Waals surface area contributed by atoms with Crippen molar-refractivity contribution in [3.63, 3.8) is 0 Å². The molecule has 20 heavy (non-hydrogen) atoms. The number of rotatable bonds is 4. The molecule has 2 N–H and O–H groups in total. The minimum Gasteiger partial charge on any atom is -0.384 e. The smallest absolute Gasteiger partial charge is 0.220 e. The van der Waals surface area contributed by atoms with Crippen LogP contribution in [0.4, 0.5) is 5.69 Å². The van der Waals surface area contributed by atoms with Crippen LogP contribution in [0.1, 0.15) is 37.2 Å². The number of hydrogen-bond donors (Lipinski definition) is 2. The standard InChI is InChI=1S/C16H22N2O2/c19-16(18-11-13-5-3-4-8-20-13)9-12-10-17-15-7-2-1-6-14(12)15/h1-2,6-7,12-13,17H,3-5,8-11H2,(H,18,19). The number of ether oxygens (including phenoxy) is 1. The summed E-state index contributed by atoms with van der Waals surface area (Å²) in [5.74, 6) is 0.418. The van der Waals surface area contributed by atoms with Gasteiger partial charge in [-0.3, -0.25) is 4.79 Å². The highest BCUT2D eigenvalue weighted by Crippen LogP contribution is 2.32. The highest BCUT2D eigenvalue weighted by molar-refractivity contribution is 5.78. The van der Waals surface area contributed by atoms with Crippen molar-refractivity contribution >= 4 is 11.6 Å². The van der Waals surface area contributed by atoms with Crippen LogP contribution < -0.4 is 10.6 Å². The number of hydrogen-bond acceptors (Lipinski definition) is 3. The van der Waals surface area contributed by atoms with E-state index in [4.69, 9.17) is 4.74 Å². The van der Waals surface area contributed by atoms with Gasteiger partial charge in [0, 0.05) is 37.7 Å². The van der Waals surface area contributed by atoms with E-state index in [2.05, 4.69) is 22.8 Å². The van der Waals surface area contributed by atoms with Gasteiger partial charge in [-0.2, -0.15) is 0 Å². The first kappa shape index (κ1) is 13.4. The fourth-order valence-corrected chi connectivity index (χ4v) is 3.03. The Labute approximate surface area is 119 Å². The summed E-state index contributed by atoms with van der Waals surface area (Å²) >= 11 is 0. The summed E-state index contributed by atoms with van der Waals surface area (Å²) in [6, 6.07) is 8.24. The number of para-hydroxylation sites is 1. The van der Waals surface area contributed by atoms with E-state index in [0.717, 1.165) is 26.0 Å². The van der Waals surface area contributed by atoms with Crippen LogP contribution in [-0.4, -0.2) is 31.7 Å². The van der Waals surface area contributed by atoms with Crippen LogP contribution in [0.5, 0.6) is 0 Å². The second-order valence-electron chi connectivity index (χ2n) is 5.66. The summed E-state index contributed by atoms with van der Waals surface area (Å²) in [6.45, 7) is 2.34. The molecule has 0 aromatic heterocycles. The molecule has 0 radical (unpaired) electrons. The lowest BCUT2D eigenvalue weighted by Gasteiger charge is -2.23. The SMILES string of the molecule is O=C(CC1CNc2ccccc21)NCC1CCCCO1. The number of carbonyl (C=O) groups is 1. The summed E-state index contributed by atoms with van der Waals surface area (Å²) < 4.78 is 5.63. The number of amides is 1. The Kier molecular flexibility index (Phi) is 4.21. The van der Waals surface area contributed by atoms with Crippen LogP contribution in [0.2, 0.25) is 0 Å². The van der Waals surface area contributed by atoms with Gasteiger partial charge in [0.05, 0.1) is 6.10 Å². The van der Waals surface area contributed by atoms with Crippen LogP contribution in [-0.2, 0) is 9.53 Å². The van der Waals surface area contributed by atoms with Gasteiger partial charge in [0.2, 0.25) is 5.91 Å². The number of carbonyl (C=O) groups excluding carboxylic acids is 1. The average molecular weight is 274 g/mol. The quantitative estimate of drug-likeness (QED) is 0.885. The summed E-state index contributed by atoms with van der Waals surface area (Å²) in [5.41, 5.74) is 2.43. The second kappa shape index (κ2) is 6.27. The molecule has 1 fully saturated rings. The van der Waals surface area contributed by atoms with Crippen LogP contribution in [0.3, 0.4) is 0 Å². The third-order valence-corrected chi connectivity index (χ3v) is 4.17. The normalized spacial score (nSPS) is 24.8. The zero-order valence-electron chi connectivity index (χ0n) is 11.7. The summed E-state index contributed by atoms with van der Waals surface area (Å²) in [5, 5.41) is 6.37. The first-order chi connectivity index (χ1) is 9.83. The number of nitrogens with one attached hydrogen (secondary N) is 2. The lowest BCUT2D eigenvalue weighted by Crippen LogP contribution is -2.36. The summed E-state index contributed by atoms with van der Waals surface area (Å²) in [7, 11) is 0. The number of benzene rings is 1. The van der Waals surface area contributed by atoms with Gasteiger partial charge in [-0.1, -0.05) is 18.2 Å². The van der Waals surface area contributed by atoms with E-state index in [1.807, 2.05) is 12.1 Å². The minimum absolute atomic E-state index is 0.127. The van der Waals surface area contributed by atoms with E-state index < -0.39 is 0 Å². The van der Waals surface area contributed by atoms with Crippen molar-refractivity contribution in [2.45, 2.75) is 37.7 Å². The Hall–Kier alpha value is -1.55. The Morgan fingerprint density at radius 3 is 3.10 bits per heavy atom. The maximum atomic E-state index is 12.1. The molecule has 4 nitrogen and oxygen atoms in total. The minimum atomic E-state index is 0.127. The lowest BCUT2D eigenvalue weighted by molar-refractivity contribution is -0.122. The molecule has 1 amide bonds. The molecule has 108 valence electrons. The predicted octanol–water partition coefficient (Wildman–Crippen LogP) is 2.27. The Bertz CT molecular complexity index is 469. The largest absolute Gasteiger partial charge is 0.384 e. The highest BCUT2D eigenvalue weighted by atomic mass is 16.5. The van der Waals surface area contributed by atoms with Gasteiger partial charge in [-0.15, -0.1) is 0 Å². The predicted molar refractivity (Wildman–Crippen MR) is 78.9 cm³/mol. The van der Waals surface area contributed by atoms with Gasteiger partial charge in [0.25, 0.3) is 0 Å². The van der Waals surface area contributed by atoms with Crippen molar-refractivity contribution in [3.05, 3.63) is 29.8 Å². The monoisotopic (exact) mass is 274 g/mol. The molecule has 0 saturated carbocycles. The molecular formula is C16H22N2O2. The molecule has 2 atom stereocenters.